The molecule has 0 fully saturated rings. The molecule has 0 saturated heterocycles. The van der Waals surface area contributed by atoms with Crippen molar-refractivity contribution in [2.45, 2.75) is 10.3 Å². The molecule has 3 aromatic rings. The molecule has 1 aromatic carbocycles. The number of nitrogens with two attached hydrogens (primary N) is 1. The number of hydrogen-bond acceptors (Lipinski definition) is 5. The SMILES string of the molecule is CN(C(CN)c1ccccc1)S(=O)(=O)c1cc2nc(Cl)ccc2s1. The van der Waals surface area contributed by atoms with Crippen LogP contribution in [-0.2, 0) is 10.0 Å². The zero-order valence-electron chi connectivity index (χ0n) is 12.9. The van der Waals surface area contributed by atoms with Gasteiger partial charge in [-0.2, -0.15) is 4.31 Å². The van der Waals surface area contributed by atoms with Crippen LogP contribution in [0.25, 0.3) is 10.2 Å². The van der Waals surface area contributed by atoms with Gasteiger partial charge >= 0.3 is 0 Å². The molecule has 0 amide bonds. The first-order valence-corrected chi connectivity index (χ1v) is 9.86. The Kier molecular flexibility index (Phi) is 4.89. The molecule has 1 atom stereocenters. The largest absolute Gasteiger partial charge is 0.329 e. The Morgan fingerprint density at radius 1 is 1.25 bits per heavy atom. The van der Waals surface area contributed by atoms with Crippen molar-refractivity contribution in [3.63, 3.8) is 0 Å². The van der Waals surface area contributed by atoms with Gasteiger partial charge in [-0.25, -0.2) is 13.4 Å². The second-order valence-electron chi connectivity index (χ2n) is 5.27. The summed E-state index contributed by atoms with van der Waals surface area (Å²) in [4.78, 5) is 4.16. The molecule has 0 bridgehead atoms. The summed E-state index contributed by atoms with van der Waals surface area (Å²) in [5.41, 5.74) is 7.27. The summed E-state index contributed by atoms with van der Waals surface area (Å²) in [6, 6.07) is 13.9. The summed E-state index contributed by atoms with van der Waals surface area (Å²) in [5.74, 6) is 0. The van der Waals surface area contributed by atoms with Crippen molar-refractivity contribution in [3.05, 3.63) is 59.2 Å². The zero-order valence-corrected chi connectivity index (χ0v) is 15.3. The lowest BCUT2D eigenvalue weighted by atomic mass is 10.1. The maximum atomic E-state index is 13.0. The number of thiophene rings is 1. The Labute approximate surface area is 149 Å². The van der Waals surface area contributed by atoms with Gasteiger partial charge in [-0.05, 0) is 23.8 Å². The van der Waals surface area contributed by atoms with Crippen LogP contribution in [0.3, 0.4) is 0 Å². The first-order chi connectivity index (χ1) is 11.4. The van der Waals surface area contributed by atoms with E-state index >= 15 is 0 Å². The molecule has 126 valence electrons. The van der Waals surface area contributed by atoms with Crippen molar-refractivity contribution < 1.29 is 8.42 Å². The molecule has 5 nitrogen and oxygen atoms in total. The number of likely N-dealkylation sites (N-methyl/N-ethyl adjacent to an activating group) is 1. The highest BCUT2D eigenvalue weighted by atomic mass is 35.5. The highest BCUT2D eigenvalue weighted by molar-refractivity contribution is 7.91. The molecule has 2 N–H and O–H groups in total. The van der Waals surface area contributed by atoms with Crippen LogP contribution in [-0.4, -0.2) is 31.3 Å². The highest BCUT2D eigenvalue weighted by Crippen LogP contribution is 2.33. The van der Waals surface area contributed by atoms with Gasteiger partial charge in [0.2, 0.25) is 0 Å². The average Bonchev–Trinajstić information content (AvgIpc) is 3.00. The average molecular weight is 382 g/mol. The Morgan fingerprint density at radius 3 is 2.62 bits per heavy atom. The topological polar surface area (TPSA) is 76.3 Å². The molecular formula is C16H16ClN3O2S2. The van der Waals surface area contributed by atoms with Gasteiger partial charge in [0.15, 0.2) is 0 Å². The summed E-state index contributed by atoms with van der Waals surface area (Å²) < 4.78 is 28.3. The Balaban J connectivity index is 2.01. The van der Waals surface area contributed by atoms with Gasteiger partial charge in [-0.1, -0.05) is 41.9 Å². The molecule has 2 heterocycles. The molecule has 3 rings (SSSR count). The molecule has 0 aliphatic rings. The molecule has 0 radical (unpaired) electrons. The zero-order chi connectivity index (χ0) is 17.3. The predicted molar refractivity (Wildman–Crippen MR) is 97.8 cm³/mol. The number of pyridine rings is 1. The van der Waals surface area contributed by atoms with Crippen molar-refractivity contribution in [2.24, 2.45) is 5.73 Å². The van der Waals surface area contributed by atoms with Crippen LogP contribution in [0.15, 0.2) is 52.7 Å². The minimum absolute atomic E-state index is 0.189. The molecule has 0 saturated carbocycles. The summed E-state index contributed by atoms with van der Waals surface area (Å²) >= 11 is 7.05. The highest BCUT2D eigenvalue weighted by Gasteiger charge is 2.30. The Morgan fingerprint density at radius 2 is 1.96 bits per heavy atom. The van der Waals surface area contributed by atoms with Gasteiger partial charge in [0.25, 0.3) is 10.0 Å². The predicted octanol–water partition coefficient (Wildman–Crippen LogP) is 3.27. The number of sulfonamides is 1. The maximum absolute atomic E-state index is 13.0. The van der Waals surface area contributed by atoms with Gasteiger partial charge in [-0.3, -0.25) is 0 Å². The third-order valence-corrected chi connectivity index (χ3v) is 7.41. The third kappa shape index (κ3) is 3.18. The van der Waals surface area contributed by atoms with E-state index in [1.54, 1.807) is 25.2 Å². The van der Waals surface area contributed by atoms with Crippen molar-refractivity contribution >= 4 is 43.2 Å². The summed E-state index contributed by atoms with van der Waals surface area (Å²) in [6.07, 6.45) is 0. The molecule has 2 aromatic heterocycles. The van der Waals surface area contributed by atoms with E-state index < -0.39 is 16.1 Å². The van der Waals surface area contributed by atoms with E-state index in [4.69, 9.17) is 17.3 Å². The number of fused-ring (bicyclic) bond motifs is 1. The Bertz CT molecular complexity index is 958. The van der Waals surface area contributed by atoms with Crippen molar-refractivity contribution in [1.29, 1.82) is 0 Å². The molecule has 0 aliphatic heterocycles. The van der Waals surface area contributed by atoms with Crippen LogP contribution in [0.5, 0.6) is 0 Å². The standard InChI is InChI=1S/C16H16ClN3O2S2/c1-20(13(10-18)11-5-3-2-4-6-11)24(21,22)16-9-12-14(23-16)7-8-15(17)19-12/h2-9,13H,10,18H2,1H3. The fourth-order valence-electron chi connectivity index (χ4n) is 2.48. The molecular weight excluding hydrogens is 366 g/mol. The van der Waals surface area contributed by atoms with Crippen molar-refractivity contribution in [2.75, 3.05) is 13.6 Å². The first kappa shape index (κ1) is 17.3. The number of aromatic nitrogens is 1. The Hall–Kier alpha value is -1.51. The van der Waals surface area contributed by atoms with Crippen LogP contribution in [0.4, 0.5) is 0 Å². The molecule has 0 spiro atoms. The summed E-state index contributed by atoms with van der Waals surface area (Å²) in [5, 5.41) is 0.335. The fourth-order valence-corrected chi connectivity index (χ4v) is 5.50. The summed E-state index contributed by atoms with van der Waals surface area (Å²) in [7, 11) is -2.14. The maximum Gasteiger partial charge on any atom is 0.253 e. The fraction of sp³-hybridized carbons (Fsp3) is 0.188. The van der Waals surface area contributed by atoms with Gasteiger partial charge in [0, 0.05) is 13.6 Å². The molecule has 8 heteroatoms. The van der Waals surface area contributed by atoms with Gasteiger partial charge in [0.1, 0.15) is 9.36 Å². The minimum atomic E-state index is -3.68. The quantitative estimate of drug-likeness (QED) is 0.688. The third-order valence-electron chi connectivity index (χ3n) is 3.80. The van der Waals surface area contributed by atoms with Crippen LogP contribution in [0, 0.1) is 0 Å². The number of nitrogens with zero attached hydrogens (tertiary/aromatic N) is 2. The second kappa shape index (κ2) is 6.78. The normalized spacial score (nSPS) is 13.5. The van der Waals surface area contributed by atoms with E-state index in [-0.39, 0.29) is 10.8 Å². The monoisotopic (exact) mass is 381 g/mol. The molecule has 0 aliphatic carbocycles. The van der Waals surface area contributed by atoms with Crippen LogP contribution >= 0.6 is 22.9 Å². The van der Waals surface area contributed by atoms with E-state index in [1.807, 2.05) is 30.3 Å². The van der Waals surface area contributed by atoms with Crippen molar-refractivity contribution in [1.82, 2.24) is 9.29 Å². The van der Waals surface area contributed by atoms with E-state index in [1.165, 1.54) is 15.6 Å². The van der Waals surface area contributed by atoms with Crippen LogP contribution in [0.1, 0.15) is 11.6 Å². The number of rotatable bonds is 5. The van der Waals surface area contributed by atoms with Crippen molar-refractivity contribution in [3.8, 4) is 0 Å². The van der Waals surface area contributed by atoms with E-state index in [0.717, 1.165) is 10.3 Å². The minimum Gasteiger partial charge on any atom is -0.329 e. The second-order valence-corrected chi connectivity index (χ2v) is 8.96. The lowest BCUT2D eigenvalue weighted by Gasteiger charge is -2.26. The molecule has 1 unspecified atom stereocenters. The van der Waals surface area contributed by atoms with E-state index in [2.05, 4.69) is 4.98 Å². The van der Waals surface area contributed by atoms with Crippen LogP contribution in [0.2, 0.25) is 5.15 Å². The van der Waals surface area contributed by atoms with Gasteiger partial charge in [-0.15, -0.1) is 11.3 Å². The lowest BCUT2D eigenvalue weighted by Crippen LogP contribution is -2.35. The molecule has 24 heavy (non-hydrogen) atoms. The number of halogens is 1. The van der Waals surface area contributed by atoms with Gasteiger partial charge in [0.05, 0.1) is 16.3 Å². The van der Waals surface area contributed by atoms with Crippen LogP contribution < -0.4 is 5.73 Å². The van der Waals surface area contributed by atoms with E-state index in [0.29, 0.717) is 10.7 Å². The number of hydrogen-bond donors (Lipinski definition) is 1. The van der Waals surface area contributed by atoms with Gasteiger partial charge < -0.3 is 5.73 Å². The summed E-state index contributed by atoms with van der Waals surface area (Å²) in [6.45, 7) is 0.189. The lowest BCUT2D eigenvalue weighted by molar-refractivity contribution is 0.382. The first-order valence-electron chi connectivity index (χ1n) is 7.22. The van der Waals surface area contributed by atoms with E-state index in [9.17, 15) is 8.42 Å². The smallest absolute Gasteiger partial charge is 0.253 e. The number of benzene rings is 1.